The van der Waals surface area contributed by atoms with Crippen molar-refractivity contribution in [3.8, 4) is 0 Å². The van der Waals surface area contributed by atoms with Crippen LogP contribution >= 0.6 is 0 Å². The van der Waals surface area contributed by atoms with E-state index in [4.69, 9.17) is 4.74 Å². The summed E-state index contributed by atoms with van der Waals surface area (Å²) in [5.41, 5.74) is 4.32. The third-order valence-corrected chi connectivity index (χ3v) is 6.15. The van der Waals surface area contributed by atoms with Crippen molar-refractivity contribution in [1.29, 1.82) is 0 Å². The van der Waals surface area contributed by atoms with Crippen LogP contribution in [0.5, 0.6) is 0 Å². The van der Waals surface area contributed by atoms with Crippen LogP contribution < -0.4 is 5.43 Å². The first kappa shape index (κ1) is 19.2. The van der Waals surface area contributed by atoms with Crippen LogP contribution in [0.3, 0.4) is 0 Å². The predicted molar refractivity (Wildman–Crippen MR) is 102 cm³/mol. The van der Waals surface area contributed by atoms with Gasteiger partial charge in [-0.15, -0.1) is 0 Å². The molecule has 8 heteroatoms. The number of sulfonamides is 1. The van der Waals surface area contributed by atoms with E-state index >= 15 is 0 Å². The first-order chi connectivity index (χ1) is 13.0. The SMILES string of the molecule is C/C(=N\NC(=O)c1ccccc1)c1ccc(S(=O)(=O)N2CCOCC2)cc1. The Kier molecular flexibility index (Phi) is 6.00. The van der Waals surface area contributed by atoms with Gasteiger partial charge in [0.1, 0.15) is 0 Å². The van der Waals surface area contributed by atoms with Gasteiger partial charge < -0.3 is 4.74 Å². The summed E-state index contributed by atoms with van der Waals surface area (Å²) < 4.78 is 31.9. The fourth-order valence-electron chi connectivity index (χ4n) is 2.66. The van der Waals surface area contributed by atoms with Crippen molar-refractivity contribution >= 4 is 21.6 Å². The molecule has 0 aliphatic carbocycles. The van der Waals surface area contributed by atoms with Gasteiger partial charge in [-0.3, -0.25) is 4.79 Å². The zero-order valence-corrected chi connectivity index (χ0v) is 15.8. The van der Waals surface area contributed by atoms with E-state index < -0.39 is 10.0 Å². The highest BCUT2D eigenvalue weighted by molar-refractivity contribution is 7.89. The molecule has 1 amide bonds. The molecule has 0 spiro atoms. The zero-order chi connectivity index (χ0) is 19.3. The molecule has 1 aliphatic heterocycles. The highest BCUT2D eigenvalue weighted by Crippen LogP contribution is 2.18. The van der Waals surface area contributed by atoms with E-state index in [1.807, 2.05) is 6.07 Å². The van der Waals surface area contributed by atoms with Gasteiger partial charge in [-0.25, -0.2) is 13.8 Å². The Bertz CT molecular complexity index is 919. The van der Waals surface area contributed by atoms with Gasteiger partial charge in [0.15, 0.2) is 0 Å². The molecule has 0 aromatic heterocycles. The van der Waals surface area contributed by atoms with Gasteiger partial charge in [0.25, 0.3) is 5.91 Å². The molecule has 1 saturated heterocycles. The smallest absolute Gasteiger partial charge is 0.271 e. The predicted octanol–water partition coefficient (Wildman–Crippen LogP) is 1.86. The molecule has 2 aromatic carbocycles. The fourth-order valence-corrected chi connectivity index (χ4v) is 4.07. The van der Waals surface area contributed by atoms with Crippen LogP contribution in [0.1, 0.15) is 22.8 Å². The van der Waals surface area contributed by atoms with Crippen LogP contribution in [0.4, 0.5) is 0 Å². The van der Waals surface area contributed by atoms with Crippen molar-refractivity contribution < 1.29 is 17.9 Å². The number of ether oxygens (including phenoxy) is 1. The molecule has 1 N–H and O–H groups in total. The Balaban J connectivity index is 1.70. The number of rotatable bonds is 5. The summed E-state index contributed by atoms with van der Waals surface area (Å²) >= 11 is 0. The van der Waals surface area contributed by atoms with Crippen molar-refractivity contribution in [2.45, 2.75) is 11.8 Å². The second-order valence-electron chi connectivity index (χ2n) is 6.05. The molecule has 0 radical (unpaired) electrons. The second kappa shape index (κ2) is 8.43. The quantitative estimate of drug-likeness (QED) is 0.627. The van der Waals surface area contributed by atoms with E-state index in [9.17, 15) is 13.2 Å². The van der Waals surface area contributed by atoms with E-state index in [2.05, 4.69) is 10.5 Å². The van der Waals surface area contributed by atoms with Crippen molar-refractivity contribution in [2.75, 3.05) is 26.3 Å². The van der Waals surface area contributed by atoms with Crippen molar-refractivity contribution in [2.24, 2.45) is 5.10 Å². The second-order valence-corrected chi connectivity index (χ2v) is 7.98. The normalized spacial score (nSPS) is 16.1. The lowest BCUT2D eigenvalue weighted by molar-refractivity contribution is 0.0730. The maximum absolute atomic E-state index is 12.6. The summed E-state index contributed by atoms with van der Waals surface area (Å²) in [6.07, 6.45) is 0. The van der Waals surface area contributed by atoms with Gasteiger partial charge >= 0.3 is 0 Å². The van der Waals surface area contributed by atoms with Crippen LogP contribution in [0.2, 0.25) is 0 Å². The summed E-state index contributed by atoms with van der Waals surface area (Å²) in [5, 5.41) is 4.09. The number of benzene rings is 2. The third-order valence-electron chi connectivity index (χ3n) is 4.24. The molecule has 0 bridgehead atoms. The lowest BCUT2D eigenvalue weighted by Gasteiger charge is -2.26. The summed E-state index contributed by atoms with van der Waals surface area (Å²) in [6, 6.07) is 15.3. The number of hydrazone groups is 1. The largest absolute Gasteiger partial charge is 0.379 e. The van der Waals surface area contributed by atoms with Gasteiger partial charge in [0.05, 0.1) is 23.8 Å². The van der Waals surface area contributed by atoms with E-state index in [-0.39, 0.29) is 10.8 Å². The van der Waals surface area contributed by atoms with Crippen LogP contribution in [-0.2, 0) is 14.8 Å². The number of carbonyl (C=O) groups excluding carboxylic acids is 1. The maximum atomic E-state index is 12.6. The summed E-state index contributed by atoms with van der Waals surface area (Å²) in [6.45, 7) is 3.28. The number of nitrogens with zero attached hydrogens (tertiary/aromatic N) is 2. The molecule has 3 rings (SSSR count). The minimum absolute atomic E-state index is 0.231. The highest BCUT2D eigenvalue weighted by Gasteiger charge is 2.26. The van der Waals surface area contributed by atoms with E-state index in [1.54, 1.807) is 55.5 Å². The van der Waals surface area contributed by atoms with E-state index in [0.717, 1.165) is 5.56 Å². The van der Waals surface area contributed by atoms with Gasteiger partial charge in [-0.2, -0.15) is 9.41 Å². The minimum atomic E-state index is -3.52. The summed E-state index contributed by atoms with van der Waals surface area (Å²) in [7, 11) is -3.52. The molecule has 1 heterocycles. The first-order valence-electron chi connectivity index (χ1n) is 8.56. The molecule has 1 aliphatic rings. The number of hydrogen-bond donors (Lipinski definition) is 1. The molecule has 142 valence electrons. The van der Waals surface area contributed by atoms with Crippen LogP contribution in [-0.4, -0.2) is 50.6 Å². The van der Waals surface area contributed by atoms with Crippen molar-refractivity contribution in [3.63, 3.8) is 0 Å². The molecular formula is C19H21N3O4S. The van der Waals surface area contributed by atoms with Crippen molar-refractivity contribution in [1.82, 2.24) is 9.73 Å². The Morgan fingerprint density at radius 1 is 1.00 bits per heavy atom. The van der Waals surface area contributed by atoms with Crippen LogP contribution in [0.15, 0.2) is 64.6 Å². The lowest BCUT2D eigenvalue weighted by atomic mass is 10.1. The molecule has 27 heavy (non-hydrogen) atoms. The number of hydrogen-bond acceptors (Lipinski definition) is 5. The number of nitrogens with one attached hydrogen (secondary N) is 1. The monoisotopic (exact) mass is 387 g/mol. The van der Waals surface area contributed by atoms with Crippen molar-refractivity contribution in [3.05, 3.63) is 65.7 Å². The fraction of sp³-hybridized carbons (Fsp3) is 0.263. The molecular weight excluding hydrogens is 366 g/mol. The molecule has 7 nitrogen and oxygen atoms in total. The zero-order valence-electron chi connectivity index (χ0n) is 15.0. The minimum Gasteiger partial charge on any atom is -0.379 e. The molecule has 0 unspecified atom stereocenters. The van der Waals surface area contributed by atoms with E-state index in [0.29, 0.717) is 37.6 Å². The van der Waals surface area contributed by atoms with Gasteiger partial charge in [0, 0.05) is 18.7 Å². The summed E-state index contributed by atoms with van der Waals surface area (Å²) in [4.78, 5) is 12.3. The van der Waals surface area contributed by atoms with Crippen LogP contribution in [0, 0.1) is 0 Å². The lowest BCUT2D eigenvalue weighted by Crippen LogP contribution is -2.40. The number of morpholine rings is 1. The number of carbonyl (C=O) groups is 1. The Labute approximate surface area is 158 Å². The number of amides is 1. The first-order valence-corrected chi connectivity index (χ1v) is 10.0. The Hall–Kier alpha value is -2.55. The average Bonchev–Trinajstić information content (AvgIpc) is 2.73. The molecule has 1 fully saturated rings. The van der Waals surface area contributed by atoms with Gasteiger partial charge in [-0.05, 0) is 36.8 Å². The van der Waals surface area contributed by atoms with Gasteiger partial charge in [0.2, 0.25) is 10.0 Å². The Morgan fingerprint density at radius 2 is 1.63 bits per heavy atom. The van der Waals surface area contributed by atoms with Crippen LogP contribution in [0.25, 0.3) is 0 Å². The molecule has 2 aromatic rings. The average molecular weight is 387 g/mol. The standard InChI is InChI=1S/C19H21N3O4S/c1-15(20-21-19(23)17-5-3-2-4-6-17)16-7-9-18(10-8-16)27(24,25)22-11-13-26-14-12-22/h2-10H,11-14H2,1H3,(H,21,23)/b20-15+. The Morgan fingerprint density at radius 3 is 2.26 bits per heavy atom. The molecule has 0 atom stereocenters. The van der Waals surface area contributed by atoms with Gasteiger partial charge in [-0.1, -0.05) is 30.3 Å². The maximum Gasteiger partial charge on any atom is 0.271 e. The topological polar surface area (TPSA) is 88.1 Å². The summed E-state index contributed by atoms with van der Waals surface area (Å²) in [5.74, 6) is -0.304. The third kappa shape index (κ3) is 4.60. The van der Waals surface area contributed by atoms with E-state index in [1.165, 1.54) is 4.31 Å². The highest BCUT2D eigenvalue weighted by atomic mass is 32.2. The molecule has 0 saturated carbocycles.